The number of carbonyl (C=O) groups excluding carboxylic acids is 1. The number of methoxy groups -OCH3 is 1. The Morgan fingerprint density at radius 1 is 1.17 bits per heavy atom. The summed E-state index contributed by atoms with van der Waals surface area (Å²) in [5.41, 5.74) is 2.20. The lowest BCUT2D eigenvalue weighted by atomic mass is 10.1. The number of sulfonamides is 1. The first-order chi connectivity index (χ1) is 11.4. The molecule has 0 aliphatic carbocycles. The summed E-state index contributed by atoms with van der Waals surface area (Å²) in [6.45, 7) is 1.80. The van der Waals surface area contributed by atoms with Crippen molar-refractivity contribution in [2.24, 2.45) is 0 Å². The smallest absolute Gasteiger partial charge is 0.264 e. The third-order valence-corrected chi connectivity index (χ3v) is 5.73. The fraction of sp³-hybridized carbons (Fsp3) is 0.235. The van der Waals surface area contributed by atoms with Gasteiger partial charge in [0, 0.05) is 19.2 Å². The minimum absolute atomic E-state index is 0.195. The summed E-state index contributed by atoms with van der Waals surface area (Å²) in [7, 11) is -2.05. The summed E-state index contributed by atoms with van der Waals surface area (Å²) in [6.07, 6.45) is 0.649. The molecule has 2 aromatic rings. The monoisotopic (exact) mass is 346 g/mol. The topological polar surface area (TPSA) is 75.7 Å². The number of fused-ring (bicyclic) bond motifs is 1. The van der Waals surface area contributed by atoms with E-state index in [9.17, 15) is 13.2 Å². The van der Waals surface area contributed by atoms with Gasteiger partial charge in [-0.25, -0.2) is 8.42 Å². The first kappa shape index (κ1) is 16.3. The molecule has 0 saturated heterocycles. The van der Waals surface area contributed by atoms with Crippen LogP contribution < -0.4 is 14.4 Å². The maximum absolute atomic E-state index is 12.9. The highest BCUT2D eigenvalue weighted by atomic mass is 32.2. The van der Waals surface area contributed by atoms with Gasteiger partial charge in [-0.1, -0.05) is 0 Å². The maximum Gasteiger partial charge on any atom is 0.264 e. The Morgan fingerprint density at radius 2 is 1.88 bits per heavy atom. The zero-order valence-electron chi connectivity index (χ0n) is 13.4. The Hall–Kier alpha value is -2.54. The van der Waals surface area contributed by atoms with Gasteiger partial charge in [0.05, 0.1) is 17.7 Å². The summed E-state index contributed by atoms with van der Waals surface area (Å²) in [6, 6.07) is 11.6. The molecule has 2 aromatic carbocycles. The van der Waals surface area contributed by atoms with Crippen LogP contribution in [0, 0.1) is 0 Å². The molecule has 126 valence electrons. The van der Waals surface area contributed by atoms with Crippen molar-refractivity contribution in [3.63, 3.8) is 0 Å². The number of nitrogens with one attached hydrogen (secondary N) is 1. The summed E-state index contributed by atoms with van der Waals surface area (Å²) >= 11 is 0. The van der Waals surface area contributed by atoms with E-state index in [1.807, 2.05) is 6.07 Å². The van der Waals surface area contributed by atoms with Crippen LogP contribution in [0.5, 0.6) is 5.75 Å². The molecule has 0 atom stereocenters. The third-order valence-electron chi connectivity index (χ3n) is 3.90. The number of ether oxygens (including phenoxy) is 1. The quantitative estimate of drug-likeness (QED) is 0.922. The molecule has 0 aromatic heterocycles. The van der Waals surface area contributed by atoms with Gasteiger partial charge in [-0.3, -0.25) is 9.10 Å². The number of hydrogen-bond donors (Lipinski definition) is 1. The van der Waals surface area contributed by atoms with Gasteiger partial charge < -0.3 is 10.1 Å². The van der Waals surface area contributed by atoms with E-state index >= 15 is 0 Å². The SMILES string of the molecule is COc1ccc2c(c1)CCN2S(=O)(=O)c1ccc(NC(C)=O)cc1. The highest BCUT2D eigenvalue weighted by Gasteiger charge is 2.31. The lowest BCUT2D eigenvalue weighted by Crippen LogP contribution is -2.29. The molecule has 1 aliphatic rings. The number of nitrogens with zero attached hydrogens (tertiary/aromatic N) is 1. The fourth-order valence-electron chi connectivity index (χ4n) is 2.77. The van der Waals surface area contributed by atoms with Crippen LogP contribution in [0.1, 0.15) is 12.5 Å². The van der Waals surface area contributed by atoms with E-state index in [1.54, 1.807) is 31.4 Å². The van der Waals surface area contributed by atoms with Gasteiger partial charge in [0.25, 0.3) is 10.0 Å². The molecule has 0 spiro atoms. The van der Waals surface area contributed by atoms with Gasteiger partial charge in [0.2, 0.25) is 5.91 Å². The molecule has 0 unspecified atom stereocenters. The van der Waals surface area contributed by atoms with E-state index in [4.69, 9.17) is 4.74 Å². The number of hydrogen-bond acceptors (Lipinski definition) is 4. The maximum atomic E-state index is 12.9. The summed E-state index contributed by atoms with van der Waals surface area (Å²) in [5.74, 6) is 0.515. The van der Waals surface area contributed by atoms with Crippen molar-refractivity contribution in [2.75, 3.05) is 23.3 Å². The molecule has 3 rings (SSSR count). The minimum Gasteiger partial charge on any atom is -0.497 e. The Bertz CT molecular complexity index is 876. The van der Waals surface area contributed by atoms with Crippen LogP contribution in [0.2, 0.25) is 0 Å². The van der Waals surface area contributed by atoms with Crippen molar-refractivity contribution in [1.82, 2.24) is 0 Å². The fourth-order valence-corrected chi connectivity index (χ4v) is 4.27. The van der Waals surface area contributed by atoms with Crippen LogP contribution in [-0.4, -0.2) is 28.0 Å². The van der Waals surface area contributed by atoms with Crippen LogP contribution in [0.4, 0.5) is 11.4 Å². The Kier molecular flexibility index (Phi) is 4.19. The molecule has 0 radical (unpaired) electrons. The second kappa shape index (κ2) is 6.16. The van der Waals surface area contributed by atoms with Gasteiger partial charge in [-0.2, -0.15) is 0 Å². The van der Waals surface area contributed by atoms with Crippen LogP contribution >= 0.6 is 0 Å². The van der Waals surface area contributed by atoms with E-state index in [-0.39, 0.29) is 10.8 Å². The summed E-state index contributed by atoms with van der Waals surface area (Å²) in [5, 5.41) is 2.62. The van der Waals surface area contributed by atoms with Gasteiger partial charge >= 0.3 is 0 Å². The normalized spacial score (nSPS) is 13.5. The standard InChI is InChI=1S/C17H18N2O4S/c1-12(20)18-14-3-6-16(7-4-14)24(21,22)19-10-9-13-11-15(23-2)5-8-17(13)19/h3-8,11H,9-10H2,1-2H3,(H,18,20). The lowest BCUT2D eigenvalue weighted by molar-refractivity contribution is -0.114. The molecule has 0 saturated carbocycles. The van der Waals surface area contributed by atoms with Crippen molar-refractivity contribution >= 4 is 27.3 Å². The second-order valence-corrected chi connectivity index (χ2v) is 7.39. The van der Waals surface area contributed by atoms with Crippen LogP contribution in [0.15, 0.2) is 47.4 Å². The molecule has 0 bridgehead atoms. The van der Waals surface area contributed by atoms with Crippen molar-refractivity contribution < 1.29 is 17.9 Å². The van der Waals surface area contributed by atoms with Gasteiger partial charge in [0.15, 0.2) is 0 Å². The van der Waals surface area contributed by atoms with E-state index in [2.05, 4.69) is 5.32 Å². The second-order valence-electron chi connectivity index (χ2n) is 5.53. The largest absolute Gasteiger partial charge is 0.497 e. The molecule has 7 heteroatoms. The van der Waals surface area contributed by atoms with E-state index in [0.29, 0.717) is 30.1 Å². The molecule has 6 nitrogen and oxygen atoms in total. The predicted molar refractivity (Wildman–Crippen MR) is 92.0 cm³/mol. The van der Waals surface area contributed by atoms with Gasteiger partial charge in [0.1, 0.15) is 5.75 Å². The average molecular weight is 346 g/mol. The average Bonchev–Trinajstić information content (AvgIpc) is 2.98. The zero-order chi connectivity index (χ0) is 17.3. The predicted octanol–water partition coefficient (Wildman–Crippen LogP) is 2.41. The van der Waals surface area contributed by atoms with Crippen LogP contribution in [0.3, 0.4) is 0 Å². The van der Waals surface area contributed by atoms with Crippen LogP contribution in [0.25, 0.3) is 0 Å². The summed E-state index contributed by atoms with van der Waals surface area (Å²) in [4.78, 5) is 11.2. The molecule has 1 aliphatic heterocycles. The first-order valence-corrected chi connectivity index (χ1v) is 8.93. The summed E-state index contributed by atoms with van der Waals surface area (Å²) < 4.78 is 32.4. The highest BCUT2D eigenvalue weighted by molar-refractivity contribution is 7.92. The number of amides is 1. The number of anilines is 2. The first-order valence-electron chi connectivity index (χ1n) is 7.49. The van der Waals surface area contributed by atoms with E-state index in [1.165, 1.54) is 23.4 Å². The van der Waals surface area contributed by atoms with Gasteiger partial charge in [-0.05, 0) is 54.4 Å². The number of rotatable bonds is 4. The molecule has 1 heterocycles. The highest BCUT2D eigenvalue weighted by Crippen LogP contribution is 2.35. The molecule has 24 heavy (non-hydrogen) atoms. The van der Waals surface area contributed by atoms with E-state index < -0.39 is 10.0 Å². The van der Waals surface area contributed by atoms with E-state index in [0.717, 1.165) is 5.56 Å². The lowest BCUT2D eigenvalue weighted by Gasteiger charge is -2.20. The minimum atomic E-state index is -3.64. The van der Waals surface area contributed by atoms with Crippen molar-refractivity contribution in [2.45, 2.75) is 18.2 Å². The third kappa shape index (κ3) is 2.94. The Balaban J connectivity index is 1.91. The molecule has 1 N–H and O–H groups in total. The number of carbonyl (C=O) groups is 1. The van der Waals surface area contributed by atoms with Gasteiger partial charge in [-0.15, -0.1) is 0 Å². The van der Waals surface area contributed by atoms with Crippen molar-refractivity contribution in [3.8, 4) is 5.75 Å². The Labute approximate surface area is 141 Å². The molecule has 0 fully saturated rings. The van der Waals surface area contributed by atoms with Crippen molar-refractivity contribution in [3.05, 3.63) is 48.0 Å². The Morgan fingerprint density at radius 3 is 2.50 bits per heavy atom. The molecular weight excluding hydrogens is 328 g/mol. The number of benzene rings is 2. The van der Waals surface area contributed by atoms with Crippen molar-refractivity contribution in [1.29, 1.82) is 0 Å². The molecule has 1 amide bonds. The zero-order valence-corrected chi connectivity index (χ0v) is 14.3. The van der Waals surface area contributed by atoms with Crippen LogP contribution in [-0.2, 0) is 21.2 Å². The molecular formula is C17H18N2O4S.